The first-order valence-corrected chi connectivity index (χ1v) is 10.8. The monoisotopic (exact) mass is 398 g/mol. The second-order valence-electron chi connectivity index (χ2n) is 7.17. The number of carbonyl (C=O) groups excluding carboxylic acids is 1. The van der Waals surface area contributed by atoms with Gasteiger partial charge in [-0.15, -0.1) is 0 Å². The van der Waals surface area contributed by atoms with Gasteiger partial charge in [-0.05, 0) is 55.7 Å². The van der Waals surface area contributed by atoms with Gasteiger partial charge in [0.1, 0.15) is 11.5 Å². The van der Waals surface area contributed by atoms with E-state index in [0.717, 1.165) is 24.8 Å². The van der Waals surface area contributed by atoms with E-state index in [1.165, 1.54) is 12.1 Å². The Kier molecular flexibility index (Phi) is 5.19. The number of rotatable bonds is 6. The molecule has 0 spiro atoms. The molecule has 2 aromatic carbocycles. The summed E-state index contributed by atoms with van der Waals surface area (Å²) in [5, 5.41) is 3.45. The van der Waals surface area contributed by atoms with Crippen LogP contribution in [0.4, 0.5) is 0 Å². The predicted octanol–water partition coefficient (Wildman–Crippen LogP) is 3.12. The van der Waals surface area contributed by atoms with Crippen molar-refractivity contribution in [3.05, 3.63) is 66.2 Å². The number of carbonyl (C=O) groups is 1. The maximum absolute atomic E-state index is 12.5. The van der Waals surface area contributed by atoms with Crippen molar-refractivity contribution in [3.8, 4) is 11.5 Å². The van der Waals surface area contributed by atoms with E-state index in [-0.39, 0.29) is 11.3 Å². The van der Waals surface area contributed by atoms with E-state index in [2.05, 4.69) is 16.1 Å². The topological polar surface area (TPSA) is 84.5 Å². The molecule has 146 valence electrons. The van der Waals surface area contributed by atoms with E-state index in [1.54, 1.807) is 12.1 Å². The Morgan fingerprint density at radius 2 is 1.75 bits per heavy atom. The van der Waals surface area contributed by atoms with Crippen molar-refractivity contribution >= 4 is 15.9 Å². The molecule has 2 bridgehead atoms. The quantitative estimate of drug-likeness (QED) is 0.731. The fourth-order valence-corrected chi connectivity index (χ4v) is 4.69. The van der Waals surface area contributed by atoms with Crippen LogP contribution in [0.15, 0.2) is 71.1 Å². The predicted molar refractivity (Wildman–Crippen MR) is 106 cm³/mol. The molecule has 2 aliphatic rings. The van der Waals surface area contributed by atoms with Crippen molar-refractivity contribution in [2.24, 2.45) is 0 Å². The lowest BCUT2D eigenvalue weighted by molar-refractivity contribution is -0.118. The second-order valence-corrected chi connectivity index (χ2v) is 8.85. The van der Waals surface area contributed by atoms with E-state index in [4.69, 9.17) is 4.74 Å². The number of hydrogen-bond donors (Lipinski definition) is 2. The van der Waals surface area contributed by atoms with Crippen molar-refractivity contribution in [3.63, 3.8) is 0 Å². The normalized spacial score (nSPS) is 21.1. The largest absolute Gasteiger partial charge is 0.457 e. The Hall–Kier alpha value is -2.64. The molecular weight excluding hydrogens is 376 g/mol. The molecule has 1 saturated heterocycles. The molecule has 0 aliphatic carbocycles. The highest BCUT2D eigenvalue weighted by Crippen LogP contribution is 2.28. The Morgan fingerprint density at radius 3 is 2.46 bits per heavy atom. The molecule has 2 unspecified atom stereocenters. The van der Waals surface area contributed by atoms with Gasteiger partial charge in [-0.25, -0.2) is 13.1 Å². The molecule has 2 N–H and O–H groups in total. The maximum atomic E-state index is 12.5. The lowest BCUT2D eigenvalue weighted by atomic mass is 10.0. The van der Waals surface area contributed by atoms with E-state index in [9.17, 15) is 13.2 Å². The van der Waals surface area contributed by atoms with Gasteiger partial charge < -0.3 is 10.1 Å². The summed E-state index contributed by atoms with van der Waals surface area (Å²) in [5.41, 5.74) is 1.01. The summed E-state index contributed by atoms with van der Waals surface area (Å²) < 4.78 is 32.8. The molecule has 1 fully saturated rings. The summed E-state index contributed by atoms with van der Waals surface area (Å²) in [7, 11) is -3.91. The number of benzene rings is 2. The number of ether oxygens (including phenoxy) is 1. The van der Waals surface area contributed by atoms with Gasteiger partial charge in [-0.1, -0.05) is 29.8 Å². The van der Waals surface area contributed by atoms with Crippen LogP contribution in [-0.4, -0.2) is 26.4 Å². The van der Waals surface area contributed by atoms with E-state index in [0.29, 0.717) is 23.6 Å². The zero-order valence-electron chi connectivity index (χ0n) is 15.3. The zero-order valence-corrected chi connectivity index (χ0v) is 16.1. The summed E-state index contributed by atoms with van der Waals surface area (Å²) in [6.45, 7) is 0. The minimum absolute atomic E-state index is 0.0284. The zero-order chi connectivity index (χ0) is 19.6. The van der Waals surface area contributed by atoms with Gasteiger partial charge >= 0.3 is 0 Å². The van der Waals surface area contributed by atoms with Crippen molar-refractivity contribution in [1.29, 1.82) is 0 Å². The Balaban J connectivity index is 1.38. The highest BCUT2D eigenvalue weighted by molar-refractivity contribution is 7.90. The highest BCUT2D eigenvalue weighted by atomic mass is 32.2. The molecule has 2 aliphatic heterocycles. The van der Waals surface area contributed by atoms with Crippen LogP contribution in [0.25, 0.3) is 0 Å². The van der Waals surface area contributed by atoms with Gasteiger partial charge in [0, 0.05) is 18.5 Å². The molecule has 2 atom stereocenters. The van der Waals surface area contributed by atoms with Gasteiger partial charge in [-0.2, -0.15) is 0 Å². The molecule has 0 saturated carbocycles. The Morgan fingerprint density at radius 1 is 1.04 bits per heavy atom. The van der Waals surface area contributed by atoms with Crippen LogP contribution in [-0.2, 0) is 14.8 Å². The van der Waals surface area contributed by atoms with Crippen LogP contribution in [0, 0.1) is 0 Å². The maximum Gasteiger partial charge on any atom is 0.264 e. The molecule has 28 heavy (non-hydrogen) atoms. The van der Waals surface area contributed by atoms with Crippen molar-refractivity contribution < 1.29 is 17.9 Å². The highest BCUT2D eigenvalue weighted by Gasteiger charge is 2.29. The number of hydrogen-bond acceptors (Lipinski definition) is 5. The van der Waals surface area contributed by atoms with Crippen LogP contribution in [0.3, 0.4) is 0 Å². The molecule has 4 rings (SSSR count). The minimum atomic E-state index is -3.91. The first-order chi connectivity index (χ1) is 13.5. The molecular formula is C21H22N2O4S. The molecule has 6 nitrogen and oxygen atoms in total. The summed E-state index contributed by atoms with van der Waals surface area (Å²) in [5.74, 6) is 0.680. The molecule has 2 heterocycles. The fourth-order valence-electron chi connectivity index (χ4n) is 3.71. The Bertz CT molecular complexity index is 985. The molecule has 7 heteroatoms. The summed E-state index contributed by atoms with van der Waals surface area (Å²) >= 11 is 0. The lowest BCUT2D eigenvalue weighted by Gasteiger charge is -2.21. The van der Waals surface area contributed by atoms with Crippen LogP contribution < -0.4 is 14.8 Å². The van der Waals surface area contributed by atoms with Gasteiger partial charge in [0.2, 0.25) is 5.91 Å². The SMILES string of the molecule is O=C(CC1=CC2CCC(C1)N2)NS(=O)(=O)c1ccc(Oc2ccccc2)cc1. The first kappa shape index (κ1) is 18.7. The average molecular weight is 398 g/mol. The van der Waals surface area contributed by atoms with E-state index < -0.39 is 15.9 Å². The molecule has 1 amide bonds. The third-order valence-corrected chi connectivity index (χ3v) is 6.36. The Labute approximate surface area is 164 Å². The number of amides is 1. The minimum Gasteiger partial charge on any atom is -0.457 e. The van der Waals surface area contributed by atoms with Gasteiger partial charge in [0.15, 0.2) is 0 Å². The lowest BCUT2D eigenvalue weighted by Crippen LogP contribution is -2.35. The van der Waals surface area contributed by atoms with Crippen LogP contribution >= 0.6 is 0 Å². The fraction of sp³-hybridized carbons (Fsp3) is 0.286. The third-order valence-electron chi connectivity index (χ3n) is 4.97. The van der Waals surface area contributed by atoms with E-state index in [1.807, 2.05) is 30.3 Å². The van der Waals surface area contributed by atoms with Crippen LogP contribution in [0.5, 0.6) is 11.5 Å². The number of para-hydroxylation sites is 1. The number of nitrogens with one attached hydrogen (secondary N) is 2. The smallest absolute Gasteiger partial charge is 0.264 e. The summed E-state index contributed by atoms with van der Waals surface area (Å²) in [6.07, 6.45) is 5.15. The number of fused-ring (bicyclic) bond motifs is 2. The van der Waals surface area contributed by atoms with Crippen LogP contribution in [0.1, 0.15) is 25.7 Å². The third kappa shape index (κ3) is 4.43. The van der Waals surface area contributed by atoms with Crippen molar-refractivity contribution in [2.75, 3.05) is 0 Å². The van der Waals surface area contributed by atoms with Gasteiger partial charge in [0.25, 0.3) is 10.0 Å². The van der Waals surface area contributed by atoms with Crippen molar-refractivity contribution in [1.82, 2.24) is 10.0 Å². The average Bonchev–Trinajstić information content (AvgIpc) is 3.01. The second kappa shape index (κ2) is 7.77. The van der Waals surface area contributed by atoms with Crippen molar-refractivity contribution in [2.45, 2.75) is 42.7 Å². The van der Waals surface area contributed by atoms with Gasteiger partial charge in [-0.3, -0.25) is 4.79 Å². The first-order valence-electron chi connectivity index (χ1n) is 9.32. The standard InChI is InChI=1S/C21H22N2O4S/c24-21(14-15-12-16-6-7-17(13-15)22-16)23-28(25,26)20-10-8-19(9-11-20)27-18-4-2-1-3-5-18/h1-5,8-12,16-17,22H,6-7,13-14H2,(H,23,24). The summed E-state index contributed by atoms with van der Waals surface area (Å²) in [4.78, 5) is 12.3. The van der Waals surface area contributed by atoms with E-state index >= 15 is 0 Å². The van der Waals surface area contributed by atoms with Crippen LogP contribution in [0.2, 0.25) is 0 Å². The van der Waals surface area contributed by atoms with Gasteiger partial charge in [0.05, 0.1) is 4.90 Å². The number of sulfonamides is 1. The molecule has 0 radical (unpaired) electrons. The summed E-state index contributed by atoms with van der Waals surface area (Å²) in [6, 6.07) is 15.9. The molecule has 2 aromatic rings. The molecule has 0 aromatic heterocycles.